The van der Waals surface area contributed by atoms with E-state index in [0.717, 1.165) is 25.7 Å². The number of nitrogens with two attached hydrogens (primary N) is 1. The molecular weight excluding hydrogens is 248 g/mol. The van der Waals surface area contributed by atoms with Crippen LogP contribution in [0.5, 0.6) is 0 Å². The zero-order chi connectivity index (χ0) is 14.5. The van der Waals surface area contributed by atoms with E-state index in [0.29, 0.717) is 12.5 Å². The van der Waals surface area contributed by atoms with E-state index in [1.807, 2.05) is 18.9 Å². The summed E-state index contributed by atoms with van der Waals surface area (Å²) in [5, 5.41) is 0. The van der Waals surface area contributed by atoms with Gasteiger partial charge in [0.25, 0.3) is 0 Å². The van der Waals surface area contributed by atoms with Crippen LogP contribution in [0.4, 0.5) is 0 Å². The SMILES string of the molecule is CC(CN)N(C)C(=O)C1CCC(c2ccccc2)CC1. The van der Waals surface area contributed by atoms with Gasteiger partial charge in [-0.3, -0.25) is 4.79 Å². The first kappa shape index (κ1) is 15.0. The molecule has 0 radical (unpaired) electrons. The van der Waals surface area contributed by atoms with E-state index in [4.69, 9.17) is 5.73 Å². The smallest absolute Gasteiger partial charge is 0.225 e. The maximum Gasteiger partial charge on any atom is 0.225 e. The largest absolute Gasteiger partial charge is 0.342 e. The highest BCUT2D eigenvalue weighted by atomic mass is 16.2. The second-order valence-electron chi connectivity index (χ2n) is 5.99. The van der Waals surface area contributed by atoms with Crippen molar-refractivity contribution in [2.75, 3.05) is 13.6 Å². The lowest BCUT2D eigenvalue weighted by atomic mass is 9.78. The van der Waals surface area contributed by atoms with Gasteiger partial charge in [0.2, 0.25) is 5.91 Å². The summed E-state index contributed by atoms with van der Waals surface area (Å²) in [6, 6.07) is 10.8. The number of hydrogen-bond acceptors (Lipinski definition) is 2. The van der Waals surface area contributed by atoms with Crippen LogP contribution >= 0.6 is 0 Å². The van der Waals surface area contributed by atoms with Gasteiger partial charge in [-0.15, -0.1) is 0 Å². The Kier molecular flexibility index (Phi) is 5.18. The lowest BCUT2D eigenvalue weighted by molar-refractivity contribution is -0.137. The topological polar surface area (TPSA) is 46.3 Å². The fourth-order valence-corrected chi connectivity index (χ4v) is 3.06. The van der Waals surface area contributed by atoms with Crippen LogP contribution in [0.15, 0.2) is 30.3 Å². The van der Waals surface area contributed by atoms with E-state index in [-0.39, 0.29) is 17.9 Å². The molecule has 0 bridgehead atoms. The predicted molar refractivity (Wildman–Crippen MR) is 82.4 cm³/mol. The maximum atomic E-state index is 12.4. The summed E-state index contributed by atoms with van der Waals surface area (Å²) < 4.78 is 0. The maximum absolute atomic E-state index is 12.4. The summed E-state index contributed by atoms with van der Waals surface area (Å²) in [6.45, 7) is 2.54. The molecule has 110 valence electrons. The van der Waals surface area contributed by atoms with Crippen molar-refractivity contribution in [1.29, 1.82) is 0 Å². The summed E-state index contributed by atoms with van der Waals surface area (Å²) in [7, 11) is 1.88. The first-order valence-electron chi connectivity index (χ1n) is 7.65. The Morgan fingerprint density at radius 2 is 1.85 bits per heavy atom. The molecule has 1 atom stereocenters. The van der Waals surface area contributed by atoms with Gasteiger partial charge in [0.1, 0.15) is 0 Å². The molecule has 1 saturated carbocycles. The molecule has 2 rings (SSSR count). The van der Waals surface area contributed by atoms with Gasteiger partial charge in [-0.25, -0.2) is 0 Å². The molecule has 20 heavy (non-hydrogen) atoms. The molecule has 0 aliphatic heterocycles. The Morgan fingerprint density at radius 3 is 2.40 bits per heavy atom. The average Bonchev–Trinajstić information content (AvgIpc) is 2.53. The van der Waals surface area contributed by atoms with E-state index in [1.54, 1.807) is 0 Å². The fourth-order valence-electron chi connectivity index (χ4n) is 3.06. The number of likely N-dealkylation sites (N-methyl/N-ethyl adjacent to an activating group) is 1. The summed E-state index contributed by atoms with van der Waals surface area (Å²) >= 11 is 0. The van der Waals surface area contributed by atoms with Crippen molar-refractivity contribution in [1.82, 2.24) is 4.90 Å². The van der Waals surface area contributed by atoms with E-state index in [2.05, 4.69) is 30.3 Å². The van der Waals surface area contributed by atoms with Gasteiger partial charge in [0.15, 0.2) is 0 Å². The third kappa shape index (κ3) is 3.40. The fraction of sp³-hybridized carbons (Fsp3) is 0.588. The molecule has 0 spiro atoms. The molecule has 3 nitrogen and oxygen atoms in total. The van der Waals surface area contributed by atoms with Crippen LogP contribution in [0.1, 0.15) is 44.1 Å². The molecule has 1 amide bonds. The number of rotatable bonds is 4. The summed E-state index contributed by atoms with van der Waals surface area (Å²) in [5.41, 5.74) is 7.06. The Bertz CT molecular complexity index is 424. The lowest BCUT2D eigenvalue weighted by Crippen LogP contribution is -2.43. The van der Waals surface area contributed by atoms with Crippen LogP contribution in [0.2, 0.25) is 0 Å². The number of hydrogen-bond donors (Lipinski definition) is 1. The van der Waals surface area contributed by atoms with Gasteiger partial charge in [-0.2, -0.15) is 0 Å². The number of carbonyl (C=O) groups excluding carboxylic acids is 1. The second kappa shape index (κ2) is 6.89. The van der Waals surface area contributed by atoms with Crippen LogP contribution in [0.3, 0.4) is 0 Å². The molecule has 0 aromatic heterocycles. The Hall–Kier alpha value is -1.35. The summed E-state index contributed by atoms with van der Waals surface area (Å²) in [6.07, 6.45) is 4.23. The molecule has 1 aliphatic rings. The molecule has 0 saturated heterocycles. The van der Waals surface area contributed by atoms with Gasteiger partial charge in [0, 0.05) is 25.6 Å². The van der Waals surface area contributed by atoms with E-state index in [9.17, 15) is 4.79 Å². The van der Waals surface area contributed by atoms with Gasteiger partial charge < -0.3 is 10.6 Å². The molecule has 1 aromatic carbocycles. The van der Waals surface area contributed by atoms with Gasteiger partial charge in [0.05, 0.1) is 0 Å². The van der Waals surface area contributed by atoms with Crippen LogP contribution in [-0.2, 0) is 4.79 Å². The Morgan fingerprint density at radius 1 is 1.25 bits per heavy atom. The quantitative estimate of drug-likeness (QED) is 0.917. The van der Waals surface area contributed by atoms with Crippen molar-refractivity contribution in [3.8, 4) is 0 Å². The van der Waals surface area contributed by atoms with Crippen LogP contribution < -0.4 is 5.73 Å². The number of amides is 1. The van der Waals surface area contributed by atoms with Gasteiger partial charge in [-0.1, -0.05) is 30.3 Å². The van der Waals surface area contributed by atoms with Crippen molar-refractivity contribution in [2.24, 2.45) is 11.7 Å². The first-order chi connectivity index (χ1) is 9.63. The molecule has 1 aromatic rings. The zero-order valence-corrected chi connectivity index (χ0v) is 12.6. The van der Waals surface area contributed by atoms with E-state index in [1.165, 1.54) is 5.56 Å². The molecule has 1 aliphatic carbocycles. The average molecular weight is 274 g/mol. The zero-order valence-electron chi connectivity index (χ0n) is 12.6. The third-order valence-electron chi connectivity index (χ3n) is 4.70. The van der Waals surface area contributed by atoms with Crippen molar-refractivity contribution >= 4 is 5.91 Å². The number of benzene rings is 1. The number of nitrogens with zero attached hydrogens (tertiary/aromatic N) is 1. The van der Waals surface area contributed by atoms with Crippen LogP contribution in [-0.4, -0.2) is 30.4 Å². The van der Waals surface area contributed by atoms with Crippen molar-refractivity contribution < 1.29 is 4.79 Å². The summed E-state index contributed by atoms with van der Waals surface area (Å²) in [5.74, 6) is 1.08. The third-order valence-corrected chi connectivity index (χ3v) is 4.70. The minimum Gasteiger partial charge on any atom is -0.342 e. The highest BCUT2D eigenvalue weighted by Gasteiger charge is 2.29. The number of carbonyl (C=O) groups is 1. The molecule has 0 heterocycles. The van der Waals surface area contributed by atoms with Crippen molar-refractivity contribution in [2.45, 2.75) is 44.6 Å². The van der Waals surface area contributed by atoms with Crippen molar-refractivity contribution in [3.05, 3.63) is 35.9 Å². The molecule has 1 fully saturated rings. The standard InChI is InChI=1S/C17H26N2O/c1-13(12-18)19(2)17(20)16-10-8-15(9-11-16)14-6-4-3-5-7-14/h3-7,13,15-16H,8-12,18H2,1-2H3. The van der Waals surface area contributed by atoms with Crippen molar-refractivity contribution in [3.63, 3.8) is 0 Å². The molecular formula is C17H26N2O. The Labute approximate surface area is 122 Å². The van der Waals surface area contributed by atoms with E-state index >= 15 is 0 Å². The van der Waals surface area contributed by atoms with Gasteiger partial charge in [-0.05, 0) is 44.1 Å². The minimum atomic E-state index is 0.134. The highest BCUT2D eigenvalue weighted by molar-refractivity contribution is 5.79. The normalized spacial score (nSPS) is 24.1. The monoisotopic (exact) mass is 274 g/mol. The lowest BCUT2D eigenvalue weighted by Gasteiger charge is -2.33. The first-order valence-corrected chi connectivity index (χ1v) is 7.65. The predicted octanol–water partition coefficient (Wildman–Crippen LogP) is 2.77. The van der Waals surface area contributed by atoms with E-state index < -0.39 is 0 Å². The van der Waals surface area contributed by atoms with Crippen LogP contribution in [0.25, 0.3) is 0 Å². The Balaban J connectivity index is 1.90. The summed E-state index contributed by atoms with van der Waals surface area (Å²) in [4.78, 5) is 14.2. The minimum absolute atomic E-state index is 0.134. The van der Waals surface area contributed by atoms with Crippen LogP contribution in [0, 0.1) is 5.92 Å². The van der Waals surface area contributed by atoms with Gasteiger partial charge >= 0.3 is 0 Å². The molecule has 3 heteroatoms. The second-order valence-corrected chi connectivity index (χ2v) is 5.99. The molecule has 2 N–H and O–H groups in total. The molecule has 1 unspecified atom stereocenters. The highest BCUT2D eigenvalue weighted by Crippen LogP contribution is 2.36.